The van der Waals surface area contributed by atoms with Gasteiger partial charge in [0.05, 0.1) is 19.1 Å². The Morgan fingerprint density at radius 3 is 2.17 bits per heavy atom. The minimum atomic E-state index is -0.877. The van der Waals surface area contributed by atoms with Gasteiger partial charge in [-0.2, -0.15) is 0 Å². The largest absolute Gasteiger partial charge is 0.481 e. The Bertz CT molecular complexity index is 381. The van der Waals surface area contributed by atoms with Crippen LogP contribution in [-0.2, 0) is 19.1 Å². The smallest absolute Gasteiger partial charge is 0.407 e. The van der Waals surface area contributed by atoms with Crippen LogP contribution in [0.2, 0.25) is 0 Å². The number of alkyl carbamates (subject to hydrolysis) is 1. The number of carbonyl (C=O) groups is 3. The maximum Gasteiger partial charge on any atom is 0.407 e. The van der Waals surface area contributed by atoms with Crippen molar-refractivity contribution in [1.29, 1.82) is 0 Å². The van der Waals surface area contributed by atoms with E-state index in [1.54, 1.807) is 13.8 Å². The van der Waals surface area contributed by atoms with Crippen molar-refractivity contribution in [2.75, 3.05) is 19.8 Å². The van der Waals surface area contributed by atoms with Gasteiger partial charge < -0.3 is 19.9 Å². The summed E-state index contributed by atoms with van der Waals surface area (Å²) in [5, 5.41) is 11.4. The van der Waals surface area contributed by atoms with Gasteiger partial charge in [-0.3, -0.25) is 9.59 Å². The third-order valence-electron chi connectivity index (χ3n) is 3.04. The molecule has 0 radical (unpaired) electrons. The average molecular weight is 331 g/mol. The topological polar surface area (TPSA) is 102 Å². The van der Waals surface area contributed by atoms with Crippen LogP contribution in [0.15, 0.2) is 0 Å². The summed E-state index contributed by atoms with van der Waals surface area (Å²) in [6.07, 6.45) is 0.581. The van der Waals surface area contributed by atoms with Crippen molar-refractivity contribution in [2.24, 2.45) is 17.8 Å². The summed E-state index contributed by atoms with van der Waals surface area (Å²) in [5.41, 5.74) is 0. The van der Waals surface area contributed by atoms with Crippen LogP contribution >= 0.6 is 0 Å². The maximum absolute atomic E-state index is 11.5. The Hall–Kier alpha value is -1.79. The Morgan fingerprint density at radius 1 is 1.04 bits per heavy atom. The van der Waals surface area contributed by atoms with Crippen LogP contribution in [-0.4, -0.2) is 42.9 Å². The number of amides is 1. The number of carbonyl (C=O) groups excluding carboxylic acids is 2. The van der Waals surface area contributed by atoms with Crippen molar-refractivity contribution in [3.05, 3.63) is 0 Å². The molecule has 7 heteroatoms. The highest BCUT2D eigenvalue weighted by atomic mass is 16.6. The molecule has 0 spiro atoms. The van der Waals surface area contributed by atoms with E-state index in [1.807, 2.05) is 13.8 Å². The molecule has 0 aliphatic heterocycles. The summed E-state index contributed by atoms with van der Waals surface area (Å²) in [4.78, 5) is 33.5. The highest BCUT2D eigenvalue weighted by molar-refractivity contribution is 5.71. The maximum atomic E-state index is 11.5. The van der Waals surface area contributed by atoms with Gasteiger partial charge >= 0.3 is 18.0 Å². The first-order valence-corrected chi connectivity index (χ1v) is 8.01. The molecule has 0 aromatic heterocycles. The molecule has 0 bridgehead atoms. The molecule has 0 aliphatic rings. The lowest BCUT2D eigenvalue weighted by molar-refractivity contribution is -0.147. The number of hydrogen-bond acceptors (Lipinski definition) is 5. The van der Waals surface area contributed by atoms with Gasteiger partial charge in [0.1, 0.15) is 0 Å². The number of carboxylic acid groups (broad SMARTS) is 1. The molecule has 1 amide bonds. The summed E-state index contributed by atoms with van der Waals surface area (Å²) >= 11 is 0. The second-order valence-corrected chi connectivity index (χ2v) is 6.29. The zero-order valence-corrected chi connectivity index (χ0v) is 14.5. The minimum Gasteiger partial charge on any atom is -0.481 e. The van der Waals surface area contributed by atoms with Gasteiger partial charge in [-0.05, 0) is 18.3 Å². The quantitative estimate of drug-likeness (QED) is 0.445. The number of carboxylic acids is 1. The molecule has 1 atom stereocenters. The van der Waals surface area contributed by atoms with Gasteiger partial charge in [-0.1, -0.05) is 27.7 Å². The van der Waals surface area contributed by atoms with Crippen LogP contribution in [0.3, 0.4) is 0 Å². The average Bonchev–Trinajstić information content (AvgIpc) is 2.42. The van der Waals surface area contributed by atoms with Crippen molar-refractivity contribution in [1.82, 2.24) is 5.32 Å². The number of esters is 1. The second kappa shape index (κ2) is 11.7. The summed E-state index contributed by atoms with van der Waals surface area (Å²) in [6.45, 7) is 8.13. The van der Waals surface area contributed by atoms with Gasteiger partial charge in [0.25, 0.3) is 0 Å². The zero-order valence-electron chi connectivity index (χ0n) is 14.5. The summed E-state index contributed by atoms with van der Waals surface area (Å²) < 4.78 is 9.91. The van der Waals surface area contributed by atoms with E-state index in [2.05, 4.69) is 5.32 Å². The molecule has 0 aromatic carbocycles. The van der Waals surface area contributed by atoms with E-state index in [9.17, 15) is 14.4 Å². The van der Waals surface area contributed by atoms with E-state index in [1.165, 1.54) is 0 Å². The first-order chi connectivity index (χ1) is 10.7. The molecule has 23 heavy (non-hydrogen) atoms. The third kappa shape index (κ3) is 12.4. The number of nitrogens with one attached hydrogen (secondary N) is 1. The predicted molar refractivity (Wildman–Crippen MR) is 85.0 cm³/mol. The number of aliphatic carboxylic acids is 1. The van der Waals surface area contributed by atoms with Crippen LogP contribution in [0.4, 0.5) is 4.79 Å². The van der Waals surface area contributed by atoms with E-state index in [0.717, 1.165) is 6.42 Å². The van der Waals surface area contributed by atoms with Gasteiger partial charge in [0.2, 0.25) is 0 Å². The van der Waals surface area contributed by atoms with Crippen LogP contribution in [0.1, 0.15) is 47.0 Å². The van der Waals surface area contributed by atoms with Gasteiger partial charge in [0.15, 0.2) is 0 Å². The highest BCUT2D eigenvalue weighted by Gasteiger charge is 2.16. The lowest BCUT2D eigenvalue weighted by atomic mass is 9.94. The molecule has 1 unspecified atom stereocenters. The minimum absolute atomic E-state index is 0.0175. The van der Waals surface area contributed by atoms with E-state index in [4.69, 9.17) is 14.6 Å². The van der Waals surface area contributed by atoms with E-state index in [-0.39, 0.29) is 44.0 Å². The Balaban J connectivity index is 3.86. The van der Waals surface area contributed by atoms with Crippen LogP contribution in [0.25, 0.3) is 0 Å². The molecule has 0 aliphatic carbocycles. The van der Waals surface area contributed by atoms with Crippen LogP contribution in [0.5, 0.6) is 0 Å². The molecule has 0 saturated heterocycles. The SMILES string of the molecule is CC(C)CC(CNC(=O)OCCCOC(=O)C(C)C)CC(=O)O. The Kier molecular flexibility index (Phi) is 10.8. The molecule has 7 nitrogen and oxygen atoms in total. The number of hydrogen-bond donors (Lipinski definition) is 2. The summed E-state index contributed by atoms with van der Waals surface area (Å²) in [7, 11) is 0. The normalized spacial score (nSPS) is 12.1. The fourth-order valence-corrected chi connectivity index (χ4v) is 1.99. The van der Waals surface area contributed by atoms with Crippen molar-refractivity contribution in [3.8, 4) is 0 Å². The molecular formula is C16H29NO6. The van der Waals surface area contributed by atoms with E-state index < -0.39 is 12.1 Å². The van der Waals surface area contributed by atoms with Gasteiger partial charge in [0, 0.05) is 19.4 Å². The number of rotatable bonds is 11. The third-order valence-corrected chi connectivity index (χ3v) is 3.04. The number of ether oxygens (including phenoxy) is 2. The summed E-state index contributed by atoms with van der Waals surface area (Å²) in [5.74, 6) is -1.09. The molecule has 0 saturated carbocycles. The molecule has 0 fully saturated rings. The lowest BCUT2D eigenvalue weighted by Gasteiger charge is -2.17. The van der Waals surface area contributed by atoms with Gasteiger partial charge in [-0.25, -0.2) is 4.79 Å². The van der Waals surface area contributed by atoms with Crippen LogP contribution < -0.4 is 5.32 Å². The Labute approximate surface area is 137 Å². The van der Waals surface area contributed by atoms with Gasteiger partial charge in [-0.15, -0.1) is 0 Å². The Morgan fingerprint density at radius 2 is 1.65 bits per heavy atom. The van der Waals surface area contributed by atoms with Crippen LogP contribution in [0, 0.1) is 17.8 Å². The fraction of sp³-hybridized carbons (Fsp3) is 0.812. The molecule has 0 aromatic rings. The first kappa shape index (κ1) is 21.2. The first-order valence-electron chi connectivity index (χ1n) is 8.01. The lowest BCUT2D eigenvalue weighted by Crippen LogP contribution is -2.31. The van der Waals surface area contributed by atoms with Crippen molar-refractivity contribution < 1.29 is 29.0 Å². The van der Waals surface area contributed by atoms with Crippen molar-refractivity contribution in [3.63, 3.8) is 0 Å². The molecule has 0 heterocycles. The monoisotopic (exact) mass is 331 g/mol. The highest BCUT2D eigenvalue weighted by Crippen LogP contribution is 2.14. The fourth-order valence-electron chi connectivity index (χ4n) is 1.99. The van der Waals surface area contributed by atoms with E-state index in [0.29, 0.717) is 12.3 Å². The predicted octanol–water partition coefficient (Wildman–Crippen LogP) is 2.44. The summed E-state index contributed by atoms with van der Waals surface area (Å²) in [6, 6.07) is 0. The standard InChI is InChI=1S/C16H29NO6/c1-11(2)8-13(9-14(18)19)10-17-16(21)23-7-5-6-22-15(20)12(3)4/h11-13H,5-10H2,1-4H3,(H,17,21)(H,18,19). The molecule has 0 rings (SSSR count). The van der Waals surface area contributed by atoms with Crippen molar-refractivity contribution in [2.45, 2.75) is 47.0 Å². The molecular weight excluding hydrogens is 302 g/mol. The molecule has 2 N–H and O–H groups in total. The zero-order chi connectivity index (χ0) is 17.8. The molecule has 134 valence electrons. The van der Waals surface area contributed by atoms with E-state index >= 15 is 0 Å². The van der Waals surface area contributed by atoms with Crippen molar-refractivity contribution >= 4 is 18.0 Å². The second-order valence-electron chi connectivity index (χ2n) is 6.29.